The van der Waals surface area contributed by atoms with Crippen molar-refractivity contribution in [3.8, 4) is 0 Å². The highest BCUT2D eigenvalue weighted by atomic mass is 19.4. The number of carbonyl (C=O) groups is 1. The number of rotatable bonds is 7. The molecule has 1 aliphatic carbocycles. The smallest absolute Gasteiger partial charge is 0.354 e. The van der Waals surface area contributed by atoms with Crippen LogP contribution in [0, 0.1) is 17.8 Å². The van der Waals surface area contributed by atoms with E-state index >= 15 is 0 Å². The van der Waals surface area contributed by atoms with Crippen LogP contribution in [0.1, 0.15) is 58.3 Å². The van der Waals surface area contributed by atoms with E-state index in [1.54, 1.807) is 0 Å². The Morgan fingerprint density at radius 2 is 1.86 bits per heavy atom. The zero-order valence-electron chi connectivity index (χ0n) is 20.8. The van der Waals surface area contributed by atoms with E-state index in [0.717, 1.165) is 45.3 Å². The summed E-state index contributed by atoms with van der Waals surface area (Å²) >= 11 is 0. The van der Waals surface area contributed by atoms with Crippen molar-refractivity contribution < 1.29 is 22.7 Å². The van der Waals surface area contributed by atoms with Gasteiger partial charge in [0.15, 0.2) is 0 Å². The van der Waals surface area contributed by atoms with Gasteiger partial charge in [0.1, 0.15) is 19.1 Å². The molecule has 35 heavy (non-hydrogen) atoms. The molecule has 8 unspecified atom stereocenters. The fourth-order valence-electron chi connectivity index (χ4n) is 6.10. The average Bonchev–Trinajstić information content (AvgIpc) is 2.85. The third-order valence-corrected chi connectivity index (χ3v) is 8.19. The van der Waals surface area contributed by atoms with Crippen molar-refractivity contribution in [2.75, 3.05) is 32.8 Å². The first-order chi connectivity index (χ1) is 16.8. The molecule has 4 aliphatic rings. The SMILES string of the molecule is CC1CCC(NC(=O)C2CCNC(OCC(F)(F)F)C2)CC1NC1NCCC(C2CCCNC2)N1. The second kappa shape index (κ2) is 12.5. The molecule has 3 heterocycles. The van der Waals surface area contributed by atoms with E-state index in [0.29, 0.717) is 30.8 Å². The Bertz CT molecular complexity index is 678. The van der Waals surface area contributed by atoms with Crippen LogP contribution in [-0.2, 0) is 9.53 Å². The fraction of sp³-hybridized carbons (Fsp3) is 0.958. The molecule has 4 fully saturated rings. The van der Waals surface area contributed by atoms with Crippen molar-refractivity contribution in [2.45, 2.75) is 95.1 Å². The lowest BCUT2D eigenvalue weighted by Crippen LogP contribution is -2.66. The van der Waals surface area contributed by atoms with Crippen LogP contribution in [0.5, 0.6) is 0 Å². The van der Waals surface area contributed by atoms with Crippen molar-refractivity contribution >= 4 is 5.91 Å². The van der Waals surface area contributed by atoms with Gasteiger partial charge in [-0.15, -0.1) is 0 Å². The Hall–Kier alpha value is -0.980. The van der Waals surface area contributed by atoms with Crippen LogP contribution in [0.25, 0.3) is 0 Å². The number of hydrogen-bond acceptors (Lipinski definition) is 7. The normalized spacial score (nSPS) is 39.2. The molecule has 0 aromatic rings. The number of ether oxygens (including phenoxy) is 1. The summed E-state index contributed by atoms with van der Waals surface area (Å²) in [7, 11) is 0. The summed E-state index contributed by atoms with van der Waals surface area (Å²) in [5, 5.41) is 20.8. The Kier molecular flexibility index (Phi) is 9.67. The van der Waals surface area contributed by atoms with Gasteiger partial charge in [-0.2, -0.15) is 13.2 Å². The third-order valence-electron chi connectivity index (χ3n) is 8.19. The zero-order chi connectivity index (χ0) is 24.8. The molecule has 3 saturated heterocycles. The number of halogens is 3. The van der Waals surface area contributed by atoms with Crippen LogP contribution in [0.4, 0.5) is 13.2 Å². The van der Waals surface area contributed by atoms with Crippen LogP contribution < -0.4 is 31.9 Å². The molecule has 0 bridgehead atoms. The van der Waals surface area contributed by atoms with Gasteiger partial charge in [0.25, 0.3) is 0 Å². The minimum atomic E-state index is -4.37. The van der Waals surface area contributed by atoms with Crippen molar-refractivity contribution in [3.05, 3.63) is 0 Å². The number of hydrogen-bond donors (Lipinski definition) is 6. The van der Waals surface area contributed by atoms with Gasteiger partial charge in [-0.1, -0.05) is 6.92 Å². The molecule has 4 rings (SSSR count). The van der Waals surface area contributed by atoms with Crippen LogP contribution in [-0.4, -0.2) is 75.5 Å². The lowest BCUT2D eigenvalue weighted by molar-refractivity contribution is -0.192. The standard InChI is InChI=1S/C24H43F3N6O2/c1-15-4-5-18(31-22(34)16-6-9-29-21(11-16)35-14-24(25,26)27)12-20(15)33-23-30-10-7-19(32-23)17-3-2-8-28-13-17/h15-21,23,28-30,32-33H,2-14H2,1H3,(H,31,34). The number of carbonyl (C=O) groups excluding carboxylic acids is 1. The molecule has 1 amide bonds. The largest absolute Gasteiger partial charge is 0.411 e. The first-order valence-electron chi connectivity index (χ1n) is 13.4. The first kappa shape index (κ1) is 27.1. The van der Waals surface area contributed by atoms with Gasteiger partial charge in [-0.25, -0.2) is 0 Å². The molecule has 1 saturated carbocycles. The molecular weight excluding hydrogens is 461 g/mol. The van der Waals surface area contributed by atoms with Gasteiger partial charge in [0, 0.05) is 24.0 Å². The van der Waals surface area contributed by atoms with Crippen LogP contribution >= 0.6 is 0 Å². The maximum absolute atomic E-state index is 12.9. The zero-order valence-corrected chi connectivity index (χ0v) is 20.8. The van der Waals surface area contributed by atoms with E-state index < -0.39 is 19.0 Å². The van der Waals surface area contributed by atoms with Crippen molar-refractivity contribution in [1.29, 1.82) is 0 Å². The highest BCUT2D eigenvalue weighted by Crippen LogP contribution is 2.27. The minimum absolute atomic E-state index is 0.0635. The lowest BCUT2D eigenvalue weighted by Gasteiger charge is -2.43. The molecular formula is C24H43F3N6O2. The molecule has 6 N–H and O–H groups in total. The summed E-state index contributed by atoms with van der Waals surface area (Å²) in [6.45, 7) is 4.62. The topological polar surface area (TPSA) is 98.5 Å². The molecule has 8 atom stereocenters. The monoisotopic (exact) mass is 504 g/mol. The highest BCUT2D eigenvalue weighted by Gasteiger charge is 2.36. The van der Waals surface area contributed by atoms with Crippen molar-refractivity contribution in [3.63, 3.8) is 0 Å². The molecule has 0 radical (unpaired) electrons. The van der Waals surface area contributed by atoms with Crippen LogP contribution in [0.2, 0.25) is 0 Å². The second-order valence-corrected chi connectivity index (χ2v) is 10.9. The predicted octanol–water partition coefficient (Wildman–Crippen LogP) is 1.39. The summed E-state index contributed by atoms with van der Waals surface area (Å²) in [6.07, 6.45) is 2.26. The molecule has 0 aromatic heterocycles. The number of amides is 1. The minimum Gasteiger partial charge on any atom is -0.354 e. The van der Waals surface area contributed by atoms with E-state index in [-0.39, 0.29) is 36.6 Å². The molecule has 11 heteroatoms. The number of nitrogens with one attached hydrogen (secondary N) is 6. The molecule has 0 spiro atoms. The maximum atomic E-state index is 12.9. The van der Waals surface area contributed by atoms with E-state index in [9.17, 15) is 18.0 Å². The molecule has 3 aliphatic heterocycles. The van der Waals surface area contributed by atoms with Gasteiger partial charge in [-0.3, -0.25) is 26.1 Å². The maximum Gasteiger partial charge on any atom is 0.411 e. The third kappa shape index (κ3) is 8.26. The lowest BCUT2D eigenvalue weighted by atomic mass is 9.82. The van der Waals surface area contributed by atoms with Gasteiger partial charge in [0.05, 0.1) is 0 Å². The van der Waals surface area contributed by atoms with Crippen molar-refractivity contribution in [2.24, 2.45) is 17.8 Å². The predicted molar refractivity (Wildman–Crippen MR) is 127 cm³/mol. The van der Waals surface area contributed by atoms with E-state index in [1.807, 2.05) is 0 Å². The Balaban J connectivity index is 1.23. The van der Waals surface area contributed by atoms with Crippen molar-refractivity contribution in [1.82, 2.24) is 31.9 Å². The van der Waals surface area contributed by atoms with Crippen LogP contribution in [0.15, 0.2) is 0 Å². The molecule has 0 aromatic carbocycles. The quantitative estimate of drug-likeness (QED) is 0.312. The van der Waals surface area contributed by atoms with Gasteiger partial charge in [-0.05, 0) is 89.4 Å². The summed E-state index contributed by atoms with van der Waals surface area (Å²) in [6, 6.07) is 0.851. The Morgan fingerprint density at radius 3 is 2.63 bits per heavy atom. The van der Waals surface area contributed by atoms with Gasteiger partial charge < -0.3 is 15.4 Å². The van der Waals surface area contributed by atoms with Crippen LogP contribution in [0.3, 0.4) is 0 Å². The van der Waals surface area contributed by atoms with E-state index in [4.69, 9.17) is 4.74 Å². The van der Waals surface area contributed by atoms with E-state index in [2.05, 4.69) is 38.8 Å². The Morgan fingerprint density at radius 1 is 1.03 bits per heavy atom. The summed E-state index contributed by atoms with van der Waals surface area (Å²) in [5.41, 5.74) is 0. The summed E-state index contributed by atoms with van der Waals surface area (Å²) in [5.74, 6) is 0.776. The summed E-state index contributed by atoms with van der Waals surface area (Å²) in [4.78, 5) is 12.9. The number of alkyl halides is 3. The first-order valence-corrected chi connectivity index (χ1v) is 13.4. The molecule has 8 nitrogen and oxygen atoms in total. The Labute approximate surface area is 206 Å². The number of piperidine rings is 2. The summed E-state index contributed by atoms with van der Waals surface area (Å²) < 4.78 is 42.4. The average molecular weight is 505 g/mol. The van der Waals surface area contributed by atoms with Gasteiger partial charge in [0.2, 0.25) is 5.91 Å². The molecule has 202 valence electrons. The van der Waals surface area contributed by atoms with E-state index in [1.165, 1.54) is 12.8 Å². The van der Waals surface area contributed by atoms with Gasteiger partial charge >= 0.3 is 6.18 Å². The second-order valence-electron chi connectivity index (χ2n) is 10.9. The fourth-order valence-corrected chi connectivity index (χ4v) is 6.10. The highest BCUT2D eigenvalue weighted by molar-refractivity contribution is 5.79.